The van der Waals surface area contributed by atoms with Crippen LogP contribution in [0.5, 0.6) is 0 Å². The number of benzene rings is 2. The molecule has 0 radical (unpaired) electrons. The van der Waals surface area contributed by atoms with Crippen LogP contribution in [0.2, 0.25) is 0 Å². The van der Waals surface area contributed by atoms with Crippen molar-refractivity contribution in [3.05, 3.63) is 58.6 Å². The van der Waals surface area contributed by atoms with Gasteiger partial charge in [0.1, 0.15) is 0 Å². The van der Waals surface area contributed by atoms with E-state index in [0.717, 1.165) is 15.7 Å². The summed E-state index contributed by atoms with van der Waals surface area (Å²) in [6.45, 7) is 2.37. The molecule has 0 spiro atoms. The fourth-order valence-corrected chi connectivity index (χ4v) is 3.02. The van der Waals surface area contributed by atoms with E-state index in [4.69, 9.17) is 0 Å². The van der Waals surface area contributed by atoms with Gasteiger partial charge in [0.15, 0.2) is 0 Å². The molecule has 2 nitrogen and oxygen atoms in total. The number of anilines is 1. The molecule has 0 bridgehead atoms. The monoisotopic (exact) mass is 342 g/mol. The fourth-order valence-electron chi connectivity index (χ4n) is 2.63. The first-order valence-electron chi connectivity index (χ1n) is 7.46. The van der Waals surface area contributed by atoms with Gasteiger partial charge in [-0.15, -0.1) is 0 Å². The minimum Gasteiger partial charge on any atom is -0.372 e. The zero-order valence-corrected chi connectivity index (χ0v) is 13.6. The van der Waals surface area contributed by atoms with E-state index in [2.05, 4.69) is 50.1 Å². The van der Waals surface area contributed by atoms with E-state index in [-0.39, 0.29) is 0 Å². The molecule has 2 aromatic carbocycles. The standard InChI is InChI=1S/C18H19BrN2/c19-16-5-4-6-17(13-16)20-14-15-7-9-18(10-8-15)21-11-2-1-3-12-21/h4-10,13-14H,1-3,11-12H2. The Labute approximate surface area is 134 Å². The first kappa shape index (κ1) is 14.3. The number of aliphatic imine (C=N–C) groups is 1. The quantitative estimate of drug-likeness (QED) is 0.700. The lowest BCUT2D eigenvalue weighted by molar-refractivity contribution is 0.578. The van der Waals surface area contributed by atoms with Crippen molar-refractivity contribution >= 4 is 33.5 Å². The minimum absolute atomic E-state index is 0.962. The van der Waals surface area contributed by atoms with Crippen molar-refractivity contribution in [2.24, 2.45) is 4.99 Å². The van der Waals surface area contributed by atoms with Gasteiger partial charge in [0, 0.05) is 29.5 Å². The molecule has 1 aliphatic heterocycles. The van der Waals surface area contributed by atoms with E-state index in [9.17, 15) is 0 Å². The van der Waals surface area contributed by atoms with E-state index >= 15 is 0 Å². The molecule has 0 unspecified atom stereocenters. The predicted molar refractivity (Wildman–Crippen MR) is 93.9 cm³/mol. The van der Waals surface area contributed by atoms with Gasteiger partial charge in [0.2, 0.25) is 0 Å². The number of hydrogen-bond donors (Lipinski definition) is 0. The first-order chi connectivity index (χ1) is 10.3. The van der Waals surface area contributed by atoms with Crippen molar-refractivity contribution in [1.29, 1.82) is 0 Å². The normalized spacial score (nSPS) is 15.6. The number of piperidine rings is 1. The summed E-state index contributed by atoms with van der Waals surface area (Å²) in [7, 11) is 0. The lowest BCUT2D eigenvalue weighted by Gasteiger charge is -2.28. The Kier molecular flexibility index (Phi) is 4.71. The zero-order chi connectivity index (χ0) is 14.5. The van der Waals surface area contributed by atoms with Crippen molar-refractivity contribution < 1.29 is 0 Å². The summed E-state index contributed by atoms with van der Waals surface area (Å²) >= 11 is 3.46. The highest BCUT2D eigenvalue weighted by atomic mass is 79.9. The van der Waals surface area contributed by atoms with Gasteiger partial charge >= 0.3 is 0 Å². The lowest BCUT2D eigenvalue weighted by Crippen LogP contribution is -2.29. The van der Waals surface area contributed by atoms with Crippen LogP contribution in [0.25, 0.3) is 0 Å². The Hall–Kier alpha value is -1.61. The Morgan fingerprint density at radius 2 is 1.71 bits per heavy atom. The number of rotatable bonds is 3. The molecule has 0 aromatic heterocycles. The Bertz CT molecular complexity index is 613. The zero-order valence-electron chi connectivity index (χ0n) is 12.0. The second-order valence-electron chi connectivity index (χ2n) is 5.38. The molecule has 0 amide bonds. The van der Waals surface area contributed by atoms with Crippen molar-refractivity contribution in [2.75, 3.05) is 18.0 Å². The summed E-state index contributed by atoms with van der Waals surface area (Å²) in [4.78, 5) is 6.98. The Balaban J connectivity index is 1.69. The van der Waals surface area contributed by atoms with Crippen LogP contribution in [-0.2, 0) is 0 Å². The van der Waals surface area contributed by atoms with Crippen molar-refractivity contribution in [2.45, 2.75) is 19.3 Å². The van der Waals surface area contributed by atoms with Gasteiger partial charge in [-0.2, -0.15) is 0 Å². The molecule has 1 heterocycles. The van der Waals surface area contributed by atoms with Crippen LogP contribution in [0.1, 0.15) is 24.8 Å². The highest BCUT2D eigenvalue weighted by Crippen LogP contribution is 2.21. The molecule has 0 aliphatic carbocycles. The van der Waals surface area contributed by atoms with Crippen LogP contribution in [0.4, 0.5) is 11.4 Å². The Morgan fingerprint density at radius 3 is 2.43 bits per heavy atom. The van der Waals surface area contributed by atoms with Gasteiger partial charge in [-0.1, -0.05) is 34.1 Å². The highest BCUT2D eigenvalue weighted by Gasteiger charge is 2.10. The van der Waals surface area contributed by atoms with Gasteiger partial charge in [-0.25, -0.2) is 0 Å². The maximum Gasteiger partial charge on any atom is 0.0641 e. The minimum atomic E-state index is 0.962. The molecule has 108 valence electrons. The van der Waals surface area contributed by atoms with Crippen LogP contribution in [0, 0.1) is 0 Å². The molecule has 0 atom stereocenters. The summed E-state index contributed by atoms with van der Waals surface area (Å²) in [5, 5.41) is 0. The SMILES string of the molecule is Brc1cccc(N=Cc2ccc(N3CCCCC3)cc2)c1. The number of nitrogens with zero attached hydrogens (tertiary/aromatic N) is 2. The van der Waals surface area contributed by atoms with Gasteiger partial charge in [-0.05, 0) is 55.2 Å². The van der Waals surface area contributed by atoms with Crippen LogP contribution < -0.4 is 4.90 Å². The van der Waals surface area contributed by atoms with E-state index in [0.29, 0.717) is 0 Å². The second-order valence-corrected chi connectivity index (χ2v) is 6.29. The molecular weight excluding hydrogens is 324 g/mol. The molecule has 21 heavy (non-hydrogen) atoms. The van der Waals surface area contributed by atoms with Crippen LogP contribution in [0.3, 0.4) is 0 Å². The maximum atomic E-state index is 4.51. The van der Waals surface area contributed by atoms with Crippen LogP contribution in [0.15, 0.2) is 58.0 Å². The van der Waals surface area contributed by atoms with E-state index in [1.165, 1.54) is 38.0 Å². The average Bonchev–Trinajstić information content (AvgIpc) is 2.54. The largest absolute Gasteiger partial charge is 0.372 e. The first-order valence-corrected chi connectivity index (χ1v) is 8.25. The second kappa shape index (κ2) is 6.90. The van der Waals surface area contributed by atoms with Crippen molar-refractivity contribution in [3.8, 4) is 0 Å². The summed E-state index contributed by atoms with van der Waals surface area (Å²) in [5.74, 6) is 0. The molecule has 2 aromatic rings. The van der Waals surface area contributed by atoms with Gasteiger partial charge in [0.05, 0.1) is 5.69 Å². The Morgan fingerprint density at radius 1 is 0.952 bits per heavy atom. The molecule has 1 aliphatic rings. The van der Waals surface area contributed by atoms with Crippen LogP contribution in [-0.4, -0.2) is 19.3 Å². The lowest BCUT2D eigenvalue weighted by atomic mass is 10.1. The van der Waals surface area contributed by atoms with Gasteiger partial charge in [-0.3, -0.25) is 4.99 Å². The van der Waals surface area contributed by atoms with Crippen molar-refractivity contribution in [1.82, 2.24) is 0 Å². The third kappa shape index (κ3) is 3.94. The number of halogens is 1. The van der Waals surface area contributed by atoms with E-state index in [1.54, 1.807) is 0 Å². The van der Waals surface area contributed by atoms with Crippen molar-refractivity contribution in [3.63, 3.8) is 0 Å². The molecule has 3 rings (SSSR count). The van der Waals surface area contributed by atoms with Gasteiger partial charge < -0.3 is 4.90 Å². The third-order valence-electron chi connectivity index (χ3n) is 3.79. The molecule has 3 heteroatoms. The smallest absolute Gasteiger partial charge is 0.0641 e. The molecule has 1 saturated heterocycles. The third-order valence-corrected chi connectivity index (χ3v) is 4.28. The average molecular weight is 343 g/mol. The predicted octanol–water partition coefficient (Wildman–Crippen LogP) is 5.19. The topological polar surface area (TPSA) is 15.6 Å². The molecule has 1 fully saturated rings. The summed E-state index contributed by atoms with van der Waals surface area (Å²) in [6.07, 6.45) is 5.91. The summed E-state index contributed by atoms with van der Waals surface area (Å²) < 4.78 is 1.05. The maximum absolute atomic E-state index is 4.51. The molecule has 0 N–H and O–H groups in total. The molecular formula is C18H19BrN2. The number of hydrogen-bond acceptors (Lipinski definition) is 2. The highest BCUT2D eigenvalue weighted by molar-refractivity contribution is 9.10. The molecule has 0 saturated carbocycles. The van der Waals surface area contributed by atoms with E-state index < -0.39 is 0 Å². The fraction of sp³-hybridized carbons (Fsp3) is 0.278. The van der Waals surface area contributed by atoms with Crippen LogP contribution >= 0.6 is 15.9 Å². The van der Waals surface area contributed by atoms with E-state index in [1.807, 2.05) is 30.5 Å². The van der Waals surface area contributed by atoms with Gasteiger partial charge in [0.25, 0.3) is 0 Å². The summed E-state index contributed by atoms with van der Waals surface area (Å²) in [6, 6.07) is 16.7. The summed E-state index contributed by atoms with van der Waals surface area (Å²) in [5.41, 5.74) is 3.43.